The second-order valence-electron chi connectivity index (χ2n) is 5.67. The Kier molecular flexibility index (Phi) is 3.57. The van der Waals surface area contributed by atoms with E-state index in [1.165, 1.54) is 0 Å². The first-order chi connectivity index (χ1) is 11.3. The molecule has 1 aliphatic heterocycles. The minimum atomic E-state index is 0.639. The van der Waals surface area contributed by atoms with E-state index in [0.29, 0.717) is 5.92 Å². The average molecular weight is 330 g/mol. The van der Waals surface area contributed by atoms with Gasteiger partial charge in [0.05, 0.1) is 20.5 Å². The summed E-state index contributed by atoms with van der Waals surface area (Å²) >= 11 is 1.66. The number of anilines is 1. The number of benzene rings is 1. The van der Waals surface area contributed by atoms with Crippen LogP contribution in [0.15, 0.2) is 30.9 Å². The van der Waals surface area contributed by atoms with Crippen LogP contribution in [-0.4, -0.2) is 41.8 Å². The summed E-state index contributed by atoms with van der Waals surface area (Å²) < 4.78 is 14.0. The van der Waals surface area contributed by atoms with Crippen molar-refractivity contribution in [2.24, 2.45) is 5.92 Å². The zero-order chi connectivity index (χ0) is 15.8. The van der Waals surface area contributed by atoms with Crippen molar-refractivity contribution in [3.63, 3.8) is 0 Å². The van der Waals surface area contributed by atoms with Crippen molar-refractivity contribution in [2.75, 3.05) is 32.2 Å². The van der Waals surface area contributed by atoms with Crippen LogP contribution in [0, 0.1) is 5.92 Å². The van der Waals surface area contributed by atoms with Crippen LogP contribution in [0.2, 0.25) is 0 Å². The number of aromatic nitrogens is 3. The van der Waals surface area contributed by atoms with Crippen molar-refractivity contribution in [3.8, 4) is 11.5 Å². The van der Waals surface area contributed by atoms with Gasteiger partial charge in [0.15, 0.2) is 5.13 Å². The van der Waals surface area contributed by atoms with Gasteiger partial charge in [-0.2, -0.15) is 0 Å². The van der Waals surface area contributed by atoms with Gasteiger partial charge in [-0.25, -0.2) is 9.97 Å². The number of hydrogen-bond acceptors (Lipinski definition) is 6. The maximum Gasteiger partial charge on any atom is 0.186 e. The van der Waals surface area contributed by atoms with Crippen molar-refractivity contribution < 1.29 is 9.47 Å². The third-order valence-electron chi connectivity index (χ3n) is 4.15. The lowest BCUT2D eigenvalue weighted by atomic mass is 10.0. The van der Waals surface area contributed by atoms with E-state index in [-0.39, 0.29) is 0 Å². The molecule has 3 aromatic rings. The van der Waals surface area contributed by atoms with Crippen LogP contribution in [-0.2, 0) is 6.54 Å². The number of nitrogens with zero attached hydrogens (tertiary/aromatic N) is 4. The quantitative estimate of drug-likeness (QED) is 0.720. The Morgan fingerprint density at radius 1 is 1.22 bits per heavy atom. The summed E-state index contributed by atoms with van der Waals surface area (Å²) in [6, 6.07) is 3.84. The number of methoxy groups -OCH3 is 2. The molecule has 6 nitrogen and oxygen atoms in total. The van der Waals surface area contributed by atoms with Gasteiger partial charge < -0.3 is 18.9 Å². The fraction of sp³-hybridized carbons (Fsp3) is 0.375. The van der Waals surface area contributed by atoms with Gasteiger partial charge in [0.1, 0.15) is 21.7 Å². The van der Waals surface area contributed by atoms with E-state index in [4.69, 9.17) is 14.5 Å². The minimum absolute atomic E-state index is 0.639. The smallest absolute Gasteiger partial charge is 0.186 e. The van der Waals surface area contributed by atoms with E-state index >= 15 is 0 Å². The van der Waals surface area contributed by atoms with E-state index in [2.05, 4.69) is 14.5 Å². The van der Waals surface area contributed by atoms with Gasteiger partial charge in [0.25, 0.3) is 0 Å². The molecule has 0 atom stereocenters. The molecule has 3 heterocycles. The maximum absolute atomic E-state index is 5.45. The van der Waals surface area contributed by atoms with Crippen molar-refractivity contribution in [3.05, 3.63) is 30.9 Å². The van der Waals surface area contributed by atoms with Gasteiger partial charge >= 0.3 is 0 Å². The lowest BCUT2D eigenvalue weighted by Gasteiger charge is -2.39. The van der Waals surface area contributed by atoms with Gasteiger partial charge in [-0.05, 0) is 12.1 Å². The summed E-state index contributed by atoms with van der Waals surface area (Å²) in [7, 11) is 3.36. The Bertz CT molecular complexity index is 768. The highest BCUT2D eigenvalue weighted by Gasteiger charge is 2.30. The summed E-state index contributed by atoms with van der Waals surface area (Å²) in [4.78, 5) is 11.2. The predicted octanol–water partition coefficient (Wildman–Crippen LogP) is 2.65. The molecule has 0 aliphatic carbocycles. The van der Waals surface area contributed by atoms with E-state index in [1.807, 2.05) is 30.9 Å². The summed E-state index contributed by atoms with van der Waals surface area (Å²) in [5.41, 5.74) is 0.880. The van der Waals surface area contributed by atoms with Crippen LogP contribution in [0.4, 0.5) is 5.13 Å². The number of rotatable bonds is 5. The Labute approximate surface area is 138 Å². The number of hydrogen-bond donors (Lipinski definition) is 0. The van der Waals surface area contributed by atoms with E-state index in [9.17, 15) is 0 Å². The second kappa shape index (κ2) is 5.73. The SMILES string of the molecule is COc1ccc(OC)c2sc(N3CC(Cn4ccnc4)C3)nc12. The highest BCUT2D eigenvalue weighted by Crippen LogP contribution is 2.41. The monoisotopic (exact) mass is 330 g/mol. The molecule has 1 aromatic carbocycles. The van der Waals surface area contributed by atoms with Crippen LogP contribution in [0.5, 0.6) is 11.5 Å². The minimum Gasteiger partial charge on any atom is -0.495 e. The van der Waals surface area contributed by atoms with Crippen LogP contribution < -0.4 is 14.4 Å². The van der Waals surface area contributed by atoms with E-state index < -0.39 is 0 Å². The van der Waals surface area contributed by atoms with Crippen LogP contribution in [0.25, 0.3) is 10.2 Å². The first-order valence-corrected chi connectivity index (χ1v) is 8.32. The topological polar surface area (TPSA) is 52.4 Å². The van der Waals surface area contributed by atoms with Crippen molar-refractivity contribution >= 4 is 26.7 Å². The summed E-state index contributed by atoms with van der Waals surface area (Å²) in [5.74, 6) is 2.28. The molecule has 0 radical (unpaired) electrons. The van der Waals surface area contributed by atoms with Gasteiger partial charge in [0.2, 0.25) is 0 Å². The highest BCUT2D eigenvalue weighted by molar-refractivity contribution is 7.22. The van der Waals surface area contributed by atoms with Gasteiger partial charge in [0, 0.05) is 37.9 Å². The molecule has 4 rings (SSSR count). The Morgan fingerprint density at radius 3 is 2.70 bits per heavy atom. The molecule has 1 aliphatic rings. The molecular formula is C16H18N4O2S. The first-order valence-electron chi connectivity index (χ1n) is 7.50. The lowest BCUT2D eigenvalue weighted by molar-refractivity contribution is 0.357. The van der Waals surface area contributed by atoms with Crippen LogP contribution in [0.3, 0.4) is 0 Å². The maximum atomic E-state index is 5.45. The van der Waals surface area contributed by atoms with Crippen molar-refractivity contribution in [2.45, 2.75) is 6.54 Å². The number of fused-ring (bicyclic) bond motifs is 1. The number of ether oxygens (including phenoxy) is 2. The Balaban J connectivity index is 1.54. The van der Waals surface area contributed by atoms with Crippen LogP contribution in [0.1, 0.15) is 0 Å². The summed E-state index contributed by atoms with van der Waals surface area (Å²) in [6.45, 7) is 3.04. The van der Waals surface area contributed by atoms with E-state index in [0.717, 1.165) is 46.5 Å². The zero-order valence-corrected chi connectivity index (χ0v) is 13.9. The molecule has 0 saturated carbocycles. The fourth-order valence-corrected chi connectivity index (χ4v) is 4.04. The normalized spacial score (nSPS) is 15.0. The summed E-state index contributed by atoms with van der Waals surface area (Å²) in [6.07, 6.45) is 5.70. The number of thiazole rings is 1. The molecule has 0 spiro atoms. The van der Waals surface area contributed by atoms with Gasteiger partial charge in [-0.3, -0.25) is 0 Å². The van der Waals surface area contributed by atoms with Crippen molar-refractivity contribution in [1.82, 2.24) is 14.5 Å². The third-order valence-corrected chi connectivity index (χ3v) is 5.29. The third kappa shape index (κ3) is 2.50. The van der Waals surface area contributed by atoms with Gasteiger partial charge in [-0.1, -0.05) is 11.3 Å². The van der Waals surface area contributed by atoms with Gasteiger partial charge in [-0.15, -0.1) is 0 Å². The first kappa shape index (κ1) is 14.3. The lowest BCUT2D eigenvalue weighted by Crippen LogP contribution is -2.48. The van der Waals surface area contributed by atoms with E-state index in [1.54, 1.807) is 25.6 Å². The molecule has 120 valence electrons. The molecule has 0 N–H and O–H groups in total. The molecule has 1 fully saturated rings. The molecule has 7 heteroatoms. The Morgan fingerprint density at radius 2 is 2.00 bits per heavy atom. The molecule has 2 aromatic heterocycles. The average Bonchev–Trinajstić information content (AvgIpc) is 3.18. The molecule has 0 amide bonds. The molecule has 1 saturated heterocycles. The van der Waals surface area contributed by atoms with Crippen molar-refractivity contribution in [1.29, 1.82) is 0 Å². The molecule has 0 bridgehead atoms. The summed E-state index contributed by atoms with van der Waals surface area (Å²) in [5, 5.41) is 1.03. The highest BCUT2D eigenvalue weighted by atomic mass is 32.1. The molecular weight excluding hydrogens is 312 g/mol. The molecule has 0 unspecified atom stereocenters. The zero-order valence-electron chi connectivity index (χ0n) is 13.1. The predicted molar refractivity (Wildman–Crippen MR) is 90.7 cm³/mol. The largest absolute Gasteiger partial charge is 0.495 e. The second-order valence-corrected chi connectivity index (χ2v) is 6.65. The Hall–Kier alpha value is -2.28. The van der Waals surface area contributed by atoms with Crippen LogP contribution >= 0.6 is 11.3 Å². The molecule has 23 heavy (non-hydrogen) atoms. The fourth-order valence-electron chi connectivity index (χ4n) is 2.94. The standard InChI is InChI=1S/C16H18N4O2S/c1-21-12-3-4-13(22-2)15-14(12)18-16(23-15)20-8-11(9-20)7-19-6-5-17-10-19/h3-6,10-11H,7-9H2,1-2H3. The number of imidazole rings is 1.